The van der Waals surface area contributed by atoms with E-state index in [0.717, 1.165) is 31.2 Å². The number of nitrogens with one attached hydrogen (secondary N) is 2. The zero-order valence-corrected chi connectivity index (χ0v) is 14.3. The number of amides is 2. The molecule has 0 spiro atoms. The molecule has 134 valence electrons. The highest BCUT2D eigenvalue weighted by Crippen LogP contribution is 2.28. The van der Waals surface area contributed by atoms with Crippen molar-refractivity contribution in [2.24, 2.45) is 0 Å². The molecule has 6 nitrogen and oxygen atoms in total. The van der Waals surface area contributed by atoms with Crippen molar-refractivity contribution in [3.63, 3.8) is 0 Å². The van der Waals surface area contributed by atoms with Crippen LogP contribution in [0.1, 0.15) is 37.3 Å². The zero-order chi connectivity index (χ0) is 17.5. The predicted molar refractivity (Wildman–Crippen MR) is 96.2 cm³/mol. The summed E-state index contributed by atoms with van der Waals surface area (Å²) in [6, 6.07) is 11.5. The molecule has 1 fully saturated rings. The van der Waals surface area contributed by atoms with E-state index in [-0.39, 0.29) is 30.8 Å². The van der Waals surface area contributed by atoms with Crippen molar-refractivity contribution in [3.8, 4) is 0 Å². The third kappa shape index (κ3) is 4.82. The third-order valence-electron chi connectivity index (χ3n) is 4.79. The number of hydrogen-bond acceptors (Lipinski definition) is 3. The van der Waals surface area contributed by atoms with Crippen LogP contribution in [0.25, 0.3) is 0 Å². The number of aromatic nitrogens is 2. The van der Waals surface area contributed by atoms with E-state index in [9.17, 15) is 9.90 Å². The normalized spacial score (nSPS) is 21.5. The summed E-state index contributed by atoms with van der Waals surface area (Å²) < 4.78 is 1.94. The van der Waals surface area contributed by atoms with Gasteiger partial charge in [-0.05, 0) is 30.9 Å². The average Bonchev–Trinajstić information content (AvgIpc) is 3.17. The second-order valence-electron chi connectivity index (χ2n) is 6.63. The first-order valence-electron chi connectivity index (χ1n) is 8.97. The van der Waals surface area contributed by atoms with Gasteiger partial charge in [0.15, 0.2) is 0 Å². The Kier molecular flexibility index (Phi) is 6.06. The van der Waals surface area contributed by atoms with Crippen LogP contribution < -0.4 is 10.6 Å². The second-order valence-corrected chi connectivity index (χ2v) is 6.63. The summed E-state index contributed by atoms with van der Waals surface area (Å²) in [4.78, 5) is 12.4. The number of benzene rings is 1. The van der Waals surface area contributed by atoms with Crippen molar-refractivity contribution in [3.05, 3.63) is 54.4 Å². The quantitative estimate of drug-likeness (QED) is 0.753. The molecule has 2 aromatic rings. The van der Waals surface area contributed by atoms with Crippen molar-refractivity contribution < 1.29 is 9.90 Å². The molecule has 2 amide bonds. The number of aliphatic hydroxyl groups excluding tert-OH is 1. The Hall–Kier alpha value is -2.34. The van der Waals surface area contributed by atoms with Crippen molar-refractivity contribution in [2.75, 3.05) is 6.61 Å². The molecule has 3 rings (SSSR count). The van der Waals surface area contributed by atoms with Crippen LogP contribution in [-0.4, -0.2) is 39.6 Å². The molecule has 1 saturated carbocycles. The number of urea groups is 1. The van der Waals surface area contributed by atoms with Crippen LogP contribution in [0.15, 0.2) is 48.8 Å². The van der Waals surface area contributed by atoms with E-state index < -0.39 is 0 Å². The molecular weight excluding hydrogens is 316 g/mol. The predicted octanol–water partition coefficient (Wildman–Crippen LogP) is 2.27. The SMILES string of the molecule is O=C(N[C@H](CO)Cc1ccccc1)N[C@@H]1CCCC[C@@H]1n1cccn1. The van der Waals surface area contributed by atoms with Gasteiger partial charge >= 0.3 is 6.03 Å². The lowest BCUT2D eigenvalue weighted by molar-refractivity contribution is 0.198. The number of nitrogens with zero attached hydrogens (tertiary/aromatic N) is 2. The summed E-state index contributed by atoms with van der Waals surface area (Å²) in [5.41, 5.74) is 1.09. The van der Waals surface area contributed by atoms with Crippen molar-refractivity contribution in [1.82, 2.24) is 20.4 Å². The fourth-order valence-corrected chi connectivity index (χ4v) is 3.53. The summed E-state index contributed by atoms with van der Waals surface area (Å²) in [5, 5.41) is 19.9. The van der Waals surface area contributed by atoms with Gasteiger partial charge in [-0.1, -0.05) is 43.2 Å². The van der Waals surface area contributed by atoms with Crippen LogP contribution in [-0.2, 0) is 6.42 Å². The topological polar surface area (TPSA) is 79.2 Å². The van der Waals surface area contributed by atoms with Crippen LogP contribution in [0, 0.1) is 0 Å². The molecular formula is C19H26N4O2. The van der Waals surface area contributed by atoms with Crippen LogP contribution in [0.2, 0.25) is 0 Å². The fraction of sp³-hybridized carbons (Fsp3) is 0.474. The van der Waals surface area contributed by atoms with Gasteiger partial charge < -0.3 is 15.7 Å². The van der Waals surface area contributed by atoms with Gasteiger partial charge in [-0.3, -0.25) is 4.68 Å². The summed E-state index contributed by atoms with van der Waals surface area (Å²) in [7, 11) is 0. The smallest absolute Gasteiger partial charge is 0.315 e. The summed E-state index contributed by atoms with van der Waals surface area (Å²) in [6.45, 7) is -0.0877. The molecule has 0 saturated heterocycles. The molecule has 3 N–H and O–H groups in total. The van der Waals surface area contributed by atoms with E-state index in [1.54, 1.807) is 6.20 Å². The first kappa shape index (κ1) is 17.5. The zero-order valence-electron chi connectivity index (χ0n) is 14.3. The highest BCUT2D eigenvalue weighted by atomic mass is 16.3. The van der Waals surface area contributed by atoms with Crippen LogP contribution in [0.4, 0.5) is 4.79 Å². The Labute approximate surface area is 148 Å². The molecule has 1 aromatic carbocycles. The van der Waals surface area contributed by atoms with Gasteiger partial charge in [0.05, 0.1) is 24.7 Å². The standard InChI is InChI=1S/C19H26N4O2/c24-14-16(13-15-7-2-1-3-8-15)21-19(25)22-17-9-4-5-10-18(17)23-12-6-11-20-23/h1-3,6-8,11-12,16-18,24H,4-5,9-10,13-14H2,(H2,21,22,25)/t16-,17+,18-/m0/s1. The lowest BCUT2D eigenvalue weighted by atomic mass is 9.90. The third-order valence-corrected chi connectivity index (χ3v) is 4.79. The molecule has 1 heterocycles. The summed E-state index contributed by atoms with van der Waals surface area (Å²) >= 11 is 0. The Bertz CT molecular complexity index is 645. The molecule has 0 radical (unpaired) electrons. The van der Waals surface area contributed by atoms with Crippen molar-refractivity contribution in [2.45, 2.75) is 50.2 Å². The van der Waals surface area contributed by atoms with E-state index in [0.29, 0.717) is 6.42 Å². The first-order chi connectivity index (χ1) is 12.3. The number of carbonyl (C=O) groups is 1. The van der Waals surface area contributed by atoms with E-state index in [2.05, 4.69) is 15.7 Å². The Balaban J connectivity index is 1.56. The largest absolute Gasteiger partial charge is 0.394 e. The van der Waals surface area contributed by atoms with Crippen LogP contribution in [0.3, 0.4) is 0 Å². The maximum absolute atomic E-state index is 12.4. The van der Waals surface area contributed by atoms with E-state index in [1.807, 2.05) is 47.3 Å². The van der Waals surface area contributed by atoms with Crippen molar-refractivity contribution in [1.29, 1.82) is 0 Å². The van der Waals surface area contributed by atoms with Gasteiger partial charge in [-0.15, -0.1) is 0 Å². The number of aliphatic hydroxyl groups is 1. The molecule has 1 aliphatic rings. The van der Waals surface area contributed by atoms with Gasteiger partial charge in [0.2, 0.25) is 0 Å². The van der Waals surface area contributed by atoms with Gasteiger partial charge in [0.1, 0.15) is 0 Å². The molecule has 0 bridgehead atoms. The number of hydrogen-bond donors (Lipinski definition) is 3. The minimum atomic E-state index is -0.297. The number of rotatable bonds is 6. The van der Waals surface area contributed by atoms with E-state index >= 15 is 0 Å². The van der Waals surface area contributed by atoms with E-state index in [4.69, 9.17) is 0 Å². The molecule has 25 heavy (non-hydrogen) atoms. The highest BCUT2D eigenvalue weighted by molar-refractivity contribution is 5.74. The van der Waals surface area contributed by atoms with Gasteiger partial charge in [0.25, 0.3) is 0 Å². The monoisotopic (exact) mass is 342 g/mol. The van der Waals surface area contributed by atoms with Gasteiger partial charge in [0, 0.05) is 12.4 Å². The average molecular weight is 342 g/mol. The molecule has 1 aromatic heterocycles. The first-order valence-corrected chi connectivity index (χ1v) is 8.97. The molecule has 0 aliphatic heterocycles. The molecule has 1 aliphatic carbocycles. The summed E-state index contributed by atoms with van der Waals surface area (Å²) in [5.74, 6) is 0. The molecule has 3 atom stereocenters. The minimum absolute atomic E-state index is 0.0599. The minimum Gasteiger partial charge on any atom is -0.394 e. The lowest BCUT2D eigenvalue weighted by Crippen LogP contribution is -2.51. The molecule has 0 unspecified atom stereocenters. The fourth-order valence-electron chi connectivity index (χ4n) is 3.53. The maximum Gasteiger partial charge on any atom is 0.315 e. The Morgan fingerprint density at radius 1 is 1.24 bits per heavy atom. The highest BCUT2D eigenvalue weighted by Gasteiger charge is 2.28. The number of carbonyl (C=O) groups excluding carboxylic acids is 1. The van der Waals surface area contributed by atoms with Gasteiger partial charge in [-0.2, -0.15) is 5.10 Å². The summed E-state index contributed by atoms with van der Waals surface area (Å²) in [6.07, 6.45) is 8.55. The van der Waals surface area contributed by atoms with Crippen molar-refractivity contribution >= 4 is 6.03 Å². The van der Waals surface area contributed by atoms with Gasteiger partial charge in [-0.25, -0.2) is 4.79 Å². The van der Waals surface area contributed by atoms with Crippen LogP contribution >= 0.6 is 0 Å². The second kappa shape index (κ2) is 8.67. The Morgan fingerprint density at radius 2 is 2.04 bits per heavy atom. The Morgan fingerprint density at radius 3 is 2.76 bits per heavy atom. The van der Waals surface area contributed by atoms with E-state index in [1.165, 1.54) is 0 Å². The maximum atomic E-state index is 12.4. The lowest BCUT2D eigenvalue weighted by Gasteiger charge is -2.32. The molecule has 6 heteroatoms. The van der Waals surface area contributed by atoms with Crippen LogP contribution in [0.5, 0.6) is 0 Å².